The Hall–Kier alpha value is -1.55. The molecule has 0 aromatic heterocycles. The van der Waals surface area contributed by atoms with E-state index < -0.39 is 42.8 Å². The number of benzene rings is 1. The molecule has 1 unspecified atom stereocenters. The van der Waals surface area contributed by atoms with Crippen molar-refractivity contribution in [3.05, 3.63) is 41.3 Å². The van der Waals surface area contributed by atoms with Crippen LogP contribution in [0.2, 0.25) is 0 Å². The number of carbonyl (C=O) groups is 1. The normalized spacial score (nSPS) is 22.0. The standard InChI is InChI=1S/C25H41N2O5S2/c1-7-32-24(28)23(26-34(30,31)25(2,3)4)22-18-14-9-8-11-15-20(22)19-33(29,27(5)6)21-16-12-10-13-17-21/h10,12-13,16-17,19,22-23,26H,7-9,11,14-15,18H2,1-6H3/q+1/b20-19-/t22-,23+,33?/m1/s1. The van der Waals surface area contributed by atoms with E-state index in [1.54, 1.807) is 51.5 Å². The molecule has 1 aromatic rings. The highest BCUT2D eigenvalue weighted by Gasteiger charge is 2.42. The van der Waals surface area contributed by atoms with Gasteiger partial charge in [0.2, 0.25) is 20.1 Å². The minimum absolute atomic E-state index is 0.150. The van der Waals surface area contributed by atoms with E-state index in [-0.39, 0.29) is 6.61 Å². The number of rotatable bonds is 8. The molecule has 0 spiro atoms. The summed E-state index contributed by atoms with van der Waals surface area (Å²) in [6, 6.07) is 8.18. The Kier molecular flexibility index (Phi) is 10.1. The van der Waals surface area contributed by atoms with E-state index >= 15 is 0 Å². The number of ether oxygens (including phenoxy) is 1. The van der Waals surface area contributed by atoms with Crippen molar-refractivity contribution >= 4 is 26.1 Å². The molecule has 0 bridgehead atoms. The van der Waals surface area contributed by atoms with Crippen LogP contribution in [0.1, 0.15) is 66.2 Å². The third kappa shape index (κ3) is 6.99. The number of carbonyl (C=O) groups excluding carboxylic acids is 1. The molecule has 7 nitrogen and oxygen atoms in total. The fraction of sp³-hybridized carbons (Fsp3) is 0.640. The van der Waals surface area contributed by atoms with Gasteiger partial charge in [0.05, 0.1) is 11.4 Å². The van der Waals surface area contributed by atoms with Crippen LogP contribution < -0.4 is 4.72 Å². The van der Waals surface area contributed by atoms with Crippen molar-refractivity contribution < 1.29 is 22.2 Å². The second-order valence-electron chi connectivity index (χ2n) is 9.91. The van der Waals surface area contributed by atoms with Crippen LogP contribution in [0.4, 0.5) is 0 Å². The van der Waals surface area contributed by atoms with E-state index in [0.717, 1.165) is 31.3 Å². The smallest absolute Gasteiger partial charge is 0.324 e. The van der Waals surface area contributed by atoms with E-state index in [9.17, 15) is 17.4 Å². The molecule has 34 heavy (non-hydrogen) atoms. The topological polar surface area (TPSA) is 92.8 Å². The van der Waals surface area contributed by atoms with Gasteiger partial charge >= 0.3 is 5.97 Å². The lowest BCUT2D eigenvalue weighted by molar-refractivity contribution is -0.146. The van der Waals surface area contributed by atoms with Gasteiger partial charge in [-0.25, -0.2) is 8.42 Å². The molecule has 1 saturated carbocycles. The summed E-state index contributed by atoms with van der Waals surface area (Å²) in [4.78, 5) is 13.8. The lowest BCUT2D eigenvalue weighted by Crippen LogP contribution is -2.52. The monoisotopic (exact) mass is 513 g/mol. The van der Waals surface area contributed by atoms with Crippen molar-refractivity contribution in [2.24, 2.45) is 5.92 Å². The Labute approximate surface area is 206 Å². The van der Waals surface area contributed by atoms with Crippen LogP contribution in [-0.2, 0) is 33.9 Å². The Morgan fingerprint density at radius 3 is 2.35 bits per heavy atom. The molecular formula is C25H41N2O5S2+. The van der Waals surface area contributed by atoms with Crippen LogP contribution >= 0.6 is 0 Å². The first-order chi connectivity index (χ1) is 15.8. The molecule has 3 atom stereocenters. The lowest BCUT2D eigenvalue weighted by Gasteiger charge is -2.32. The molecule has 1 N–H and O–H groups in total. The summed E-state index contributed by atoms with van der Waals surface area (Å²) in [5, 5.41) is 1.79. The van der Waals surface area contributed by atoms with Crippen LogP contribution in [0.15, 0.2) is 46.2 Å². The predicted octanol–water partition coefficient (Wildman–Crippen LogP) is 4.53. The second-order valence-corrected chi connectivity index (χ2v) is 15.0. The van der Waals surface area contributed by atoms with Crippen LogP contribution in [0.5, 0.6) is 0 Å². The Morgan fingerprint density at radius 2 is 1.79 bits per heavy atom. The van der Waals surface area contributed by atoms with Gasteiger partial charge in [0.1, 0.15) is 11.4 Å². The van der Waals surface area contributed by atoms with Crippen molar-refractivity contribution in [3.63, 3.8) is 0 Å². The molecule has 0 saturated heterocycles. The van der Waals surface area contributed by atoms with Crippen LogP contribution in [-0.4, -0.2) is 50.2 Å². The zero-order chi connectivity index (χ0) is 25.6. The van der Waals surface area contributed by atoms with Gasteiger partial charge in [0.15, 0.2) is 4.90 Å². The summed E-state index contributed by atoms with van der Waals surface area (Å²) in [6.07, 6.45) is 5.05. The predicted molar refractivity (Wildman–Crippen MR) is 138 cm³/mol. The van der Waals surface area contributed by atoms with Crippen LogP contribution in [0, 0.1) is 5.92 Å². The van der Waals surface area contributed by atoms with Gasteiger partial charge < -0.3 is 4.74 Å². The molecule has 0 aliphatic heterocycles. The van der Waals surface area contributed by atoms with Crippen LogP contribution in [0.3, 0.4) is 0 Å². The molecule has 2 rings (SSSR count). The maximum Gasteiger partial charge on any atom is 0.324 e. The molecule has 1 aliphatic carbocycles. The van der Waals surface area contributed by atoms with Gasteiger partial charge in [0, 0.05) is 20.0 Å². The molecule has 192 valence electrons. The van der Waals surface area contributed by atoms with E-state index in [1.807, 2.05) is 30.3 Å². The number of esters is 1. The quantitative estimate of drug-likeness (QED) is 0.407. The lowest BCUT2D eigenvalue weighted by atomic mass is 9.83. The van der Waals surface area contributed by atoms with Crippen molar-refractivity contribution in [2.75, 3.05) is 20.7 Å². The molecule has 1 fully saturated rings. The molecular weight excluding hydrogens is 472 g/mol. The number of hydrogen-bond donors (Lipinski definition) is 1. The second kappa shape index (κ2) is 11.9. The van der Waals surface area contributed by atoms with Gasteiger partial charge in [-0.15, -0.1) is 4.31 Å². The van der Waals surface area contributed by atoms with Crippen molar-refractivity contribution in [1.29, 1.82) is 0 Å². The minimum atomic E-state index is -3.83. The summed E-state index contributed by atoms with van der Waals surface area (Å²) in [6.45, 7) is 6.65. The van der Waals surface area contributed by atoms with Crippen molar-refractivity contribution in [2.45, 2.75) is 81.9 Å². The van der Waals surface area contributed by atoms with E-state index in [2.05, 4.69) is 4.72 Å². The first-order valence-electron chi connectivity index (χ1n) is 12.0. The first-order valence-corrected chi connectivity index (χ1v) is 15.1. The van der Waals surface area contributed by atoms with Gasteiger partial charge in [0.25, 0.3) is 0 Å². The van der Waals surface area contributed by atoms with E-state index in [4.69, 9.17) is 4.74 Å². The fourth-order valence-electron chi connectivity index (χ4n) is 4.02. The number of nitrogens with one attached hydrogen (secondary N) is 1. The van der Waals surface area contributed by atoms with Crippen LogP contribution in [0.25, 0.3) is 0 Å². The Morgan fingerprint density at radius 1 is 1.18 bits per heavy atom. The van der Waals surface area contributed by atoms with Crippen molar-refractivity contribution in [1.82, 2.24) is 9.03 Å². The van der Waals surface area contributed by atoms with Crippen molar-refractivity contribution in [3.8, 4) is 0 Å². The highest BCUT2D eigenvalue weighted by Crippen LogP contribution is 2.35. The highest BCUT2D eigenvalue weighted by atomic mass is 32.3. The number of hydrogen-bond acceptors (Lipinski definition) is 5. The highest BCUT2D eigenvalue weighted by molar-refractivity contribution is 8.03. The maximum absolute atomic E-state index is 14.3. The zero-order valence-corrected chi connectivity index (χ0v) is 23.0. The largest absolute Gasteiger partial charge is 0.465 e. The first kappa shape index (κ1) is 28.7. The molecule has 9 heteroatoms. The van der Waals surface area contributed by atoms with E-state index in [0.29, 0.717) is 17.7 Å². The summed E-state index contributed by atoms with van der Waals surface area (Å²) >= 11 is 0. The number of sulfonamides is 1. The van der Waals surface area contributed by atoms with Gasteiger partial charge in [-0.2, -0.15) is 4.72 Å². The molecule has 0 heterocycles. The summed E-state index contributed by atoms with van der Waals surface area (Å²) in [5.74, 6) is -1.04. The average molecular weight is 514 g/mol. The third-order valence-electron chi connectivity index (χ3n) is 6.17. The molecule has 0 amide bonds. The van der Waals surface area contributed by atoms with E-state index in [1.165, 1.54) is 0 Å². The maximum atomic E-state index is 14.3. The van der Waals surface area contributed by atoms with Gasteiger partial charge in [-0.05, 0) is 64.7 Å². The summed E-state index contributed by atoms with van der Waals surface area (Å²) in [7, 11) is -3.03. The third-order valence-corrected chi connectivity index (χ3v) is 11.0. The van der Waals surface area contributed by atoms with Gasteiger partial charge in [-0.3, -0.25) is 4.79 Å². The zero-order valence-electron chi connectivity index (χ0n) is 21.4. The van der Waals surface area contributed by atoms with Gasteiger partial charge in [-0.1, -0.05) is 41.7 Å². The molecule has 0 radical (unpaired) electrons. The fourth-order valence-corrected chi connectivity index (χ4v) is 6.99. The summed E-state index contributed by atoms with van der Waals surface area (Å²) in [5.41, 5.74) is 0.844. The molecule has 1 aliphatic rings. The Balaban J connectivity index is 2.64. The Bertz CT molecular complexity index is 998. The average Bonchev–Trinajstić information content (AvgIpc) is 2.74. The minimum Gasteiger partial charge on any atom is -0.465 e. The number of nitrogens with zero attached hydrogens (tertiary/aromatic N) is 1. The summed E-state index contributed by atoms with van der Waals surface area (Å²) < 4.78 is 49.0. The SMILES string of the molecule is CCOC(=O)[C@@H](NS(=O)(=O)C(C)(C)C)[C@@H]1CCCCCC/C1=C/[S+](=O)(c1ccccc1)N(C)C. The molecule has 1 aromatic carbocycles.